The molecular weight excluding hydrogens is 183 g/mol. The van der Waals surface area contributed by atoms with Crippen molar-refractivity contribution in [2.75, 3.05) is 0 Å². The molecule has 0 fully saturated rings. The molecule has 3 heteroatoms. The van der Waals surface area contributed by atoms with Gasteiger partial charge in [0.2, 0.25) is 0 Å². The van der Waals surface area contributed by atoms with Crippen molar-refractivity contribution >= 4 is 5.97 Å². The number of aliphatic carboxylic acids is 1. The lowest BCUT2D eigenvalue weighted by Gasteiger charge is -2.07. The monoisotopic (exact) mass is 196 g/mol. The van der Waals surface area contributed by atoms with E-state index in [0.717, 1.165) is 5.56 Å². The Balaban J connectivity index is 2.82. The summed E-state index contributed by atoms with van der Waals surface area (Å²) in [6.45, 7) is 3.37. The van der Waals surface area contributed by atoms with Crippen LogP contribution in [-0.2, 0) is 11.2 Å². The molecule has 1 N–H and O–H groups in total. The minimum Gasteiger partial charge on any atom is -0.481 e. The van der Waals surface area contributed by atoms with Gasteiger partial charge in [-0.1, -0.05) is 19.1 Å². The van der Waals surface area contributed by atoms with E-state index in [1.165, 1.54) is 6.07 Å². The van der Waals surface area contributed by atoms with E-state index < -0.39 is 11.9 Å². The second-order valence-corrected chi connectivity index (χ2v) is 3.54. The lowest BCUT2D eigenvalue weighted by Crippen LogP contribution is -2.13. The van der Waals surface area contributed by atoms with Gasteiger partial charge in [-0.3, -0.25) is 4.79 Å². The molecule has 0 radical (unpaired) electrons. The molecule has 0 saturated heterocycles. The van der Waals surface area contributed by atoms with Crippen molar-refractivity contribution in [2.24, 2.45) is 5.92 Å². The molecule has 2 nitrogen and oxygen atoms in total. The normalized spacial score (nSPS) is 12.5. The second-order valence-electron chi connectivity index (χ2n) is 3.54. The molecule has 0 aliphatic rings. The van der Waals surface area contributed by atoms with Gasteiger partial charge in [-0.05, 0) is 30.5 Å². The number of hydrogen-bond donors (Lipinski definition) is 1. The molecule has 0 spiro atoms. The molecule has 0 saturated carbocycles. The zero-order chi connectivity index (χ0) is 10.7. The van der Waals surface area contributed by atoms with Gasteiger partial charge in [0.15, 0.2) is 0 Å². The van der Waals surface area contributed by atoms with E-state index in [-0.39, 0.29) is 12.2 Å². The highest BCUT2D eigenvalue weighted by atomic mass is 19.1. The maximum absolute atomic E-state index is 13.3. The molecule has 14 heavy (non-hydrogen) atoms. The standard InChI is InChI=1S/C11H13FO2/c1-7-3-4-9(10(12)5-7)6-8(2)11(13)14/h3-5,8H,6H2,1-2H3,(H,13,14). The summed E-state index contributed by atoms with van der Waals surface area (Å²) in [5, 5.41) is 8.67. The maximum Gasteiger partial charge on any atom is 0.306 e. The van der Waals surface area contributed by atoms with E-state index in [2.05, 4.69) is 0 Å². The Morgan fingerprint density at radius 2 is 2.21 bits per heavy atom. The fourth-order valence-corrected chi connectivity index (χ4v) is 1.24. The van der Waals surface area contributed by atoms with Crippen LogP contribution in [0.25, 0.3) is 0 Å². The molecule has 1 aromatic rings. The van der Waals surface area contributed by atoms with Crippen molar-refractivity contribution in [3.8, 4) is 0 Å². The number of aryl methyl sites for hydroxylation is 1. The summed E-state index contributed by atoms with van der Waals surface area (Å²) < 4.78 is 13.3. The first-order chi connectivity index (χ1) is 6.50. The first-order valence-corrected chi connectivity index (χ1v) is 4.48. The molecule has 0 aliphatic carbocycles. The number of halogens is 1. The predicted octanol–water partition coefficient (Wildman–Crippen LogP) is 2.40. The third kappa shape index (κ3) is 2.55. The third-order valence-electron chi connectivity index (χ3n) is 2.16. The van der Waals surface area contributed by atoms with Crippen molar-refractivity contribution in [1.82, 2.24) is 0 Å². The zero-order valence-corrected chi connectivity index (χ0v) is 8.25. The van der Waals surface area contributed by atoms with E-state index >= 15 is 0 Å². The number of carboxylic acid groups (broad SMARTS) is 1. The van der Waals surface area contributed by atoms with Gasteiger partial charge in [0.25, 0.3) is 0 Å². The minimum atomic E-state index is -0.898. The predicted molar refractivity (Wildman–Crippen MR) is 51.6 cm³/mol. The van der Waals surface area contributed by atoms with Crippen LogP contribution in [0.5, 0.6) is 0 Å². The van der Waals surface area contributed by atoms with E-state index in [1.807, 2.05) is 0 Å². The molecule has 0 aliphatic heterocycles. The summed E-state index contributed by atoms with van der Waals surface area (Å²) in [4.78, 5) is 10.6. The molecule has 0 amide bonds. The van der Waals surface area contributed by atoms with Gasteiger partial charge in [-0.25, -0.2) is 4.39 Å². The lowest BCUT2D eigenvalue weighted by atomic mass is 10.00. The van der Waals surface area contributed by atoms with Crippen molar-refractivity contribution in [2.45, 2.75) is 20.3 Å². The molecule has 0 heterocycles. The Hall–Kier alpha value is -1.38. The van der Waals surface area contributed by atoms with Crippen LogP contribution in [0.2, 0.25) is 0 Å². The first kappa shape index (κ1) is 10.7. The van der Waals surface area contributed by atoms with Crippen LogP contribution < -0.4 is 0 Å². The van der Waals surface area contributed by atoms with Gasteiger partial charge < -0.3 is 5.11 Å². The Bertz CT molecular complexity index is 347. The SMILES string of the molecule is Cc1ccc(CC(C)C(=O)O)c(F)c1. The molecule has 1 unspecified atom stereocenters. The Labute approximate surface area is 82.4 Å². The van der Waals surface area contributed by atoms with E-state index in [4.69, 9.17) is 5.11 Å². The molecular formula is C11H13FO2. The molecule has 1 rings (SSSR count). The molecule has 0 aromatic heterocycles. The van der Waals surface area contributed by atoms with E-state index in [9.17, 15) is 9.18 Å². The summed E-state index contributed by atoms with van der Waals surface area (Å²) >= 11 is 0. The van der Waals surface area contributed by atoms with Gasteiger partial charge in [0.05, 0.1) is 5.92 Å². The van der Waals surface area contributed by atoms with Crippen LogP contribution >= 0.6 is 0 Å². The van der Waals surface area contributed by atoms with Gasteiger partial charge in [-0.2, -0.15) is 0 Å². The average molecular weight is 196 g/mol. The summed E-state index contributed by atoms with van der Waals surface area (Å²) in [7, 11) is 0. The van der Waals surface area contributed by atoms with Crippen LogP contribution in [-0.4, -0.2) is 11.1 Å². The topological polar surface area (TPSA) is 37.3 Å². The summed E-state index contributed by atoms with van der Waals surface area (Å²) in [6, 6.07) is 4.85. The van der Waals surface area contributed by atoms with Crippen LogP contribution in [0.3, 0.4) is 0 Å². The van der Waals surface area contributed by atoms with Crippen LogP contribution in [0, 0.1) is 18.7 Å². The Morgan fingerprint density at radius 3 is 2.71 bits per heavy atom. The van der Waals surface area contributed by atoms with Crippen molar-refractivity contribution in [3.05, 3.63) is 35.1 Å². The second kappa shape index (κ2) is 4.22. The largest absolute Gasteiger partial charge is 0.481 e. The molecule has 1 atom stereocenters. The average Bonchev–Trinajstić information content (AvgIpc) is 2.09. The van der Waals surface area contributed by atoms with Crippen LogP contribution in [0.4, 0.5) is 4.39 Å². The summed E-state index contributed by atoms with van der Waals surface area (Å²) in [5.74, 6) is -1.77. The Kier molecular flexibility index (Phi) is 3.23. The molecule has 76 valence electrons. The van der Waals surface area contributed by atoms with Crippen LogP contribution in [0.15, 0.2) is 18.2 Å². The Morgan fingerprint density at radius 1 is 1.57 bits per heavy atom. The number of hydrogen-bond acceptors (Lipinski definition) is 1. The van der Waals surface area contributed by atoms with Crippen LogP contribution in [0.1, 0.15) is 18.1 Å². The third-order valence-corrected chi connectivity index (χ3v) is 2.16. The van der Waals surface area contributed by atoms with Gasteiger partial charge >= 0.3 is 5.97 Å². The fraction of sp³-hybridized carbons (Fsp3) is 0.364. The van der Waals surface area contributed by atoms with Gasteiger partial charge in [-0.15, -0.1) is 0 Å². The first-order valence-electron chi connectivity index (χ1n) is 4.48. The lowest BCUT2D eigenvalue weighted by molar-refractivity contribution is -0.141. The highest BCUT2D eigenvalue weighted by Crippen LogP contribution is 2.14. The number of carbonyl (C=O) groups is 1. The van der Waals surface area contributed by atoms with Gasteiger partial charge in [0.1, 0.15) is 5.82 Å². The highest BCUT2D eigenvalue weighted by Gasteiger charge is 2.13. The van der Waals surface area contributed by atoms with Crippen molar-refractivity contribution < 1.29 is 14.3 Å². The van der Waals surface area contributed by atoms with E-state index in [0.29, 0.717) is 5.56 Å². The quantitative estimate of drug-likeness (QED) is 0.806. The van der Waals surface area contributed by atoms with Crippen molar-refractivity contribution in [3.63, 3.8) is 0 Å². The van der Waals surface area contributed by atoms with E-state index in [1.54, 1.807) is 26.0 Å². The van der Waals surface area contributed by atoms with Gasteiger partial charge in [0, 0.05) is 0 Å². The molecule has 1 aromatic carbocycles. The highest BCUT2D eigenvalue weighted by molar-refractivity contribution is 5.69. The smallest absolute Gasteiger partial charge is 0.306 e. The maximum atomic E-state index is 13.3. The number of rotatable bonds is 3. The summed E-state index contributed by atoms with van der Waals surface area (Å²) in [6.07, 6.45) is 0.238. The van der Waals surface area contributed by atoms with Crippen molar-refractivity contribution in [1.29, 1.82) is 0 Å². The number of benzene rings is 1. The number of carboxylic acids is 1. The fourth-order valence-electron chi connectivity index (χ4n) is 1.24. The zero-order valence-electron chi connectivity index (χ0n) is 8.25. The molecule has 0 bridgehead atoms. The summed E-state index contributed by atoms with van der Waals surface area (Å²) in [5.41, 5.74) is 1.31. The minimum absolute atomic E-state index is 0.238.